The van der Waals surface area contributed by atoms with Gasteiger partial charge in [0.25, 0.3) is 0 Å². The van der Waals surface area contributed by atoms with Gasteiger partial charge in [-0.05, 0) is 54.3 Å². The van der Waals surface area contributed by atoms with Crippen LogP contribution in [0.5, 0.6) is 0 Å². The molecule has 2 amide bonds. The molecule has 2 saturated carbocycles. The lowest BCUT2D eigenvalue weighted by Crippen LogP contribution is -2.59. The molecule has 6 heteroatoms. The van der Waals surface area contributed by atoms with Crippen molar-refractivity contribution in [3.63, 3.8) is 0 Å². The Bertz CT molecular complexity index is 654. The number of morpholine rings is 1. The third-order valence-electron chi connectivity index (χ3n) is 8.28. The van der Waals surface area contributed by atoms with Gasteiger partial charge in [-0.1, -0.05) is 41.5 Å². The first kappa shape index (κ1) is 24.5. The Hall–Kier alpha value is -1.14. The molecule has 2 aliphatic carbocycles. The smallest absolute Gasteiger partial charge is 0.225 e. The summed E-state index contributed by atoms with van der Waals surface area (Å²) in [6, 6.07) is 0.0894. The molecule has 1 saturated heterocycles. The van der Waals surface area contributed by atoms with Crippen molar-refractivity contribution in [3.8, 4) is 0 Å². The summed E-state index contributed by atoms with van der Waals surface area (Å²) in [6.45, 7) is 15.2. The van der Waals surface area contributed by atoms with Gasteiger partial charge in [0.1, 0.15) is 0 Å². The summed E-state index contributed by atoms with van der Waals surface area (Å²) in [6.07, 6.45) is 3.89. The zero-order chi connectivity index (χ0) is 23.0. The van der Waals surface area contributed by atoms with Crippen LogP contribution >= 0.6 is 0 Å². The second kappa shape index (κ2) is 9.38. The van der Waals surface area contributed by atoms with Gasteiger partial charge < -0.3 is 20.1 Å². The zero-order valence-corrected chi connectivity index (χ0v) is 20.4. The number of carbonyl (C=O) groups excluding carboxylic acids is 2. The number of nitrogens with one attached hydrogen (secondary N) is 1. The summed E-state index contributed by atoms with van der Waals surface area (Å²) in [5.41, 5.74) is 0.0313. The molecule has 3 fully saturated rings. The lowest BCUT2D eigenvalue weighted by molar-refractivity contribution is -0.154. The van der Waals surface area contributed by atoms with Crippen molar-refractivity contribution < 1.29 is 19.4 Å². The highest BCUT2D eigenvalue weighted by molar-refractivity contribution is 5.79. The SMILES string of the molecule is C[C@H]1[C@@H]2[C@@H](O)[C@H]([C@H](C)C(=O)N3CCOCC3)CC[C@@]2(C)CC[C@@H]1NC(=O)CC(C)(C)C. The van der Waals surface area contributed by atoms with Crippen LogP contribution in [0.4, 0.5) is 0 Å². The van der Waals surface area contributed by atoms with Crippen molar-refractivity contribution >= 4 is 11.8 Å². The normalized spacial score (nSPS) is 37.6. The minimum absolute atomic E-state index is 0.0279. The first-order valence-corrected chi connectivity index (χ1v) is 12.3. The van der Waals surface area contributed by atoms with Gasteiger partial charge in [-0.3, -0.25) is 9.59 Å². The Morgan fingerprint density at radius 3 is 2.42 bits per heavy atom. The van der Waals surface area contributed by atoms with Crippen LogP contribution in [0.25, 0.3) is 0 Å². The molecule has 6 nitrogen and oxygen atoms in total. The van der Waals surface area contributed by atoms with E-state index in [4.69, 9.17) is 4.74 Å². The molecule has 3 rings (SSSR count). The molecule has 7 atom stereocenters. The predicted octanol–water partition coefficient (Wildman–Crippen LogP) is 3.23. The first-order chi connectivity index (χ1) is 14.4. The maximum atomic E-state index is 13.1. The van der Waals surface area contributed by atoms with Crippen LogP contribution in [-0.2, 0) is 14.3 Å². The van der Waals surface area contributed by atoms with Gasteiger partial charge in [-0.2, -0.15) is 0 Å². The average Bonchev–Trinajstić information content (AvgIpc) is 2.68. The molecule has 0 radical (unpaired) electrons. The number of amides is 2. The van der Waals surface area contributed by atoms with E-state index in [9.17, 15) is 14.7 Å². The summed E-state index contributed by atoms with van der Waals surface area (Å²) in [5, 5.41) is 14.8. The number of fused-ring (bicyclic) bond motifs is 1. The molecule has 1 aliphatic heterocycles. The van der Waals surface area contributed by atoms with E-state index in [-0.39, 0.29) is 52.4 Å². The van der Waals surface area contributed by atoms with Gasteiger partial charge in [0.05, 0.1) is 19.3 Å². The molecule has 31 heavy (non-hydrogen) atoms. The highest BCUT2D eigenvalue weighted by atomic mass is 16.5. The average molecular weight is 437 g/mol. The maximum absolute atomic E-state index is 13.1. The summed E-state index contributed by atoms with van der Waals surface area (Å²) >= 11 is 0. The fraction of sp³-hybridized carbons (Fsp3) is 0.920. The van der Waals surface area contributed by atoms with E-state index < -0.39 is 6.10 Å². The molecule has 0 aromatic rings. The number of hydrogen-bond acceptors (Lipinski definition) is 4. The minimum atomic E-state index is -0.518. The second-order valence-corrected chi connectivity index (χ2v) is 11.9. The second-order valence-electron chi connectivity index (χ2n) is 11.9. The van der Waals surface area contributed by atoms with Crippen LogP contribution < -0.4 is 5.32 Å². The van der Waals surface area contributed by atoms with E-state index >= 15 is 0 Å². The minimum Gasteiger partial charge on any atom is -0.392 e. The van der Waals surface area contributed by atoms with Crippen LogP contribution in [0, 0.1) is 34.5 Å². The summed E-state index contributed by atoms with van der Waals surface area (Å²) in [7, 11) is 0. The quantitative estimate of drug-likeness (QED) is 0.709. The van der Waals surface area contributed by atoms with Gasteiger partial charge in [0, 0.05) is 31.5 Å². The largest absolute Gasteiger partial charge is 0.392 e. The zero-order valence-electron chi connectivity index (χ0n) is 20.4. The molecule has 0 unspecified atom stereocenters. The fourth-order valence-corrected chi connectivity index (χ4v) is 6.49. The molecule has 2 N–H and O–H groups in total. The third-order valence-corrected chi connectivity index (χ3v) is 8.28. The Labute approximate surface area is 188 Å². The van der Waals surface area contributed by atoms with E-state index in [2.05, 4.69) is 39.9 Å². The van der Waals surface area contributed by atoms with Gasteiger partial charge in [-0.15, -0.1) is 0 Å². The molecular weight excluding hydrogens is 392 g/mol. The van der Waals surface area contributed by atoms with Crippen LogP contribution in [-0.4, -0.2) is 60.3 Å². The van der Waals surface area contributed by atoms with Crippen molar-refractivity contribution in [2.45, 2.75) is 85.8 Å². The molecule has 1 heterocycles. The molecule has 0 bridgehead atoms. The third kappa shape index (κ3) is 5.44. The molecular formula is C25H44N2O4. The number of hydrogen-bond donors (Lipinski definition) is 2. The van der Waals surface area contributed by atoms with Crippen LogP contribution in [0.15, 0.2) is 0 Å². The molecule has 0 spiro atoms. The van der Waals surface area contributed by atoms with E-state index in [1.165, 1.54) is 0 Å². The Morgan fingerprint density at radius 2 is 1.81 bits per heavy atom. The Balaban J connectivity index is 1.70. The standard InChI is InChI=1S/C25H44N2O4/c1-16(23(30)27-11-13-31-14-12-27)18-7-9-25(6)10-8-19(17(2)21(25)22(18)29)26-20(28)15-24(3,4)5/h16-19,21-22,29H,7-15H2,1-6H3,(H,26,28)/t16-,17+,18-,19-,21+,22-,25-/m0/s1. The van der Waals surface area contributed by atoms with Gasteiger partial charge in [-0.25, -0.2) is 0 Å². The summed E-state index contributed by atoms with van der Waals surface area (Å²) in [5.74, 6) is 0.312. The molecule has 178 valence electrons. The van der Waals surface area contributed by atoms with E-state index in [0.29, 0.717) is 32.7 Å². The van der Waals surface area contributed by atoms with Crippen molar-refractivity contribution in [1.82, 2.24) is 10.2 Å². The lowest BCUT2D eigenvalue weighted by atomic mass is 9.51. The Kier molecular flexibility index (Phi) is 7.42. The number of ether oxygens (including phenoxy) is 1. The lowest BCUT2D eigenvalue weighted by Gasteiger charge is -2.56. The molecule has 0 aromatic heterocycles. The monoisotopic (exact) mass is 436 g/mol. The van der Waals surface area contributed by atoms with Gasteiger partial charge in [0.2, 0.25) is 11.8 Å². The topological polar surface area (TPSA) is 78.9 Å². The fourth-order valence-electron chi connectivity index (χ4n) is 6.49. The van der Waals surface area contributed by atoms with Gasteiger partial charge in [0.15, 0.2) is 0 Å². The van der Waals surface area contributed by atoms with Crippen molar-refractivity contribution in [2.75, 3.05) is 26.3 Å². The number of aliphatic hydroxyl groups is 1. The van der Waals surface area contributed by atoms with Crippen LogP contribution in [0.2, 0.25) is 0 Å². The first-order valence-electron chi connectivity index (χ1n) is 12.3. The number of rotatable bonds is 4. The van der Waals surface area contributed by atoms with Crippen LogP contribution in [0.3, 0.4) is 0 Å². The van der Waals surface area contributed by atoms with Crippen molar-refractivity contribution in [1.29, 1.82) is 0 Å². The number of aliphatic hydroxyl groups excluding tert-OH is 1. The van der Waals surface area contributed by atoms with E-state index in [1.54, 1.807) is 0 Å². The van der Waals surface area contributed by atoms with Crippen molar-refractivity contribution in [3.05, 3.63) is 0 Å². The molecule has 0 aromatic carbocycles. The van der Waals surface area contributed by atoms with Crippen LogP contribution in [0.1, 0.15) is 73.6 Å². The molecule has 3 aliphatic rings. The Morgan fingerprint density at radius 1 is 1.19 bits per heavy atom. The van der Waals surface area contributed by atoms with E-state index in [0.717, 1.165) is 25.7 Å². The highest BCUT2D eigenvalue weighted by Crippen LogP contribution is 2.55. The maximum Gasteiger partial charge on any atom is 0.225 e. The summed E-state index contributed by atoms with van der Waals surface area (Å²) in [4.78, 5) is 27.6. The van der Waals surface area contributed by atoms with Crippen molar-refractivity contribution in [2.24, 2.45) is 34.5 Å². The number of nitrogens with zero attached hydrogens (tertiary/aromatic N) is 1. The van der Waals surface area contributed by atoms with E-state index in [1.807, 2.05) is 11.8 Å². The number of carbonyl (C=O) groups is 2. The predicted molar refractivity (Wildman–Crippen MR) is 121 cm³/mol. The van der Waals surface area contributed by atoms with Gasteiger partial charge >= 0.3 is 0 Å². The highest BCUT2D eigenvalue weighted by Gasteiger charge is 2.54. The summed E-state index contributed by atoms with van der Waals surface area (Å²) < 4.78 is 5.39.